The predicted molar refractivity (Wildman–Crippen MR) is 104 cm³/mol. The molecule has 2 aromatic rings. The van der Waals surface area contributed by atoms with Crippen molar-refractivity contribution in [3.63, 3.8) is 0 Å². The fraction of sp³-hybridized carbons (Fsp3) is 0.684. The summed E-state index contributed by atoms with van der Waals surface area (Å²) in [7, 11) is 1.69. The summed E-state index contributed by atoms with van der Waals surface area (Å²) < 4.78 is 7.46. The molecule has 1 fully saturated rings. The SMILES string of the molecule is CCc1cc(N2Cc3nnc(COC)n3[C@@H](C)C2)nc(N2CCCCC2)n1. The topological polar surface area (TPSA) is 72.2 Å². The first kappa shape index (κ1) is 18.2. The number of methoxy groups -OCH3 is 1. The van der Waals surface area contributed by atoms with Gasteiger partial charge < -0.3 is 19.1 Å². The van der Waals surface area contributed by atoms with Gasteiger partial charge in [-0.15, -0.1) is 10.2 Å². The van der Waals surface area contributed by atoms with Gasteiger partial charge in [0.15, 0.2) is 11.6 Å². The van der Waals surface area contributed by atoms with Crippen molar-refractivity contribution in [1.82, 2.24) is 24.7 Å². The van der Waals surface area contributed by atoms with E-state index in [0.717, 1.165) is 55.2 Å². The molecule has 4 heterocycles. The number of piperidine rings is 1. The van der Waals surface area contributed by atoms with Crippen LogP contribution in [0.5, 0.6) is 0 Å². The van der Waals surface area contributed by atoms with Crippen LogP contribution in [0.15, 0.2) is 6.07 Å². The zero-order valence-electron chi connectivity index (χ0n) is 16.6. The number of hydrogen-bond donors (Lipinski definition) is 0. The third-order valence-corrected chi connectivity index (χ3v) is 5.45. The van der Waals surface area contributed by atoms with Gasteiger partial charge in [0, 0.05) is 38.5 Å². The number of fused-ring (bicyclic) bond motifs is 1. The fourth-order valence-electron chi connectivity index (χ4n) is 4.06. The third-order valence-electron chi connectivity index (χ3n) is 5.45. The first-order chi connectivity index (χ1) is 13.2. The van der Waals surface area contributed by atoms with Gasteiger partial charge in [0.1, 0.15) is 12.4 Å². The molecular weight excluding hydrogens is 342 g/mol. The van der Waals surface area contributed by atoms with Crippen molar-refractivity contribution < 1.29 is 4.74 Å². The largest absolute Gasteiger partial charge is 0.377 e. The lowest BCUT2D eigenvalue weighted by Gasteiger charge is -2.34. The highest BCUT2D eigenvalue weighted by atomic mass is 16.5. The molecule has 0 spiro atoms. The fourth-order valence-corrected chi connectivity index (χ4v) is 4.06. The average molecular weight is 371 g/mol. The van der Waals surface area contributed by atoms with E-state index >= 15 is 0 Å². The van der Waals surface area contributed by atoms with Crippen molar-refractivity contribution in [2.75, 3.05) is 36.5 Å². The second-order valence-electron chi connectivity index (χ2n) is 7.48. The van der Waals surface area contributed by atoms with Crippen LogP contribution in [0, 0.1) is 0 Å². The molecule has 8 heteroatoms. The monoisotopic (exact) mass is 371 g/mol. The normalized spacial score (nSPS) is 20.0. The molecule has 27 heavy (non-hydrogen) atoms. The van der Waals surface area contributed by atoms with E-state index in [4.69, 9.17) is 14.7 Å². The van der Waals surface area contributed by atoms with Crippen LogP contribution in [0.25, 0.3) is 0 Å². The summed E-state index contributed by atoms with van der Waals surface area (Å²) in [5, 5.41) is 8.70. The molecule has 0 saturated carbocycles. The number of anilines is 2. The van der Waals surface area contributed by atoms with Crippen molar-refractivity contribution in [3.8, 4) is 0 Å². The first-order valence-corrected chi connectivity index (χ1v) is 9.99. The molecule has 2 aliphatic heterocycles. The molecule has 146 valence electrons. The summed E-state index contributed by atoms with van der Waals surface area (Å²) in [6.45, 7) is 8.53. The van der Waals surface area contributed by atoms with Crippen molar-refractivity contribution in [1.29, 1.82) is 0 Å². The second kappa shape index (κ2) is 7.80. The smallest absolute Gasteiger partial charge is 0.227 e. The van der Waals surface area contributed by atoms with Crippen molar-refractivity contribution in [2.24, 2.45) is 0 Å². The Morgan fingerprint density at radius 1 is 1.11 bits per heavy atom. The number of aromatic nitrogens is 5. The Morgan fingerprint density at radius 2 is 1.93 bits per heavy atom. The molecule has 0 bridgehead atoms. The molecular formula is C19H29N7O. The average Bonchev–Trinajstić information content (AvgIpc) is 3.12. The Labute approximate surface area is 160 Å². The zero-order chi connectivity index (χ0) is 18.8. The number of hydrogen-bond acceptors (Lipinski definition) is 7. The van der Waals surface area contributed by atoms with E-state index in [1.54, 1.807) is 7.11 Å². The van der Waals surface area contributed by atoms with E-state index in [1.165, 1.54) is 19.3 Å². The predicted octanol–water partition coefficient (Wildman–Crippen LogP) is 2.35. The van der Waals surface area contributed by atoms with Crippen LogP contribution < -0.4 is 9.80 Å². The highest BCUT2D eigenvalue weighted by molar-refractivity contribution is 5.47. The summed E-state index contributed by atoms with van der Waals surface area (Å²) in [5.74, 6) is 3.74. The van der Waals surface area contributed by atoms with Gasteiger partial charge in [-0.2, -0.15) is 4.98 Å². The highest BCUT2D eigenvalue weighted by Gasteiger charge is 2.28. The molecule has 4 rings (SSSR count). The van der Waals surface area contributed by atoms with Crippen LogP contribution in [0.2, 0.25) is 0 Å². The van der Waals surface area contributed by atoms with Crippen LogP contribution in [0.4, 0.5) is 11.8 Å². The summed E-state index contributed by atoms with van der Waals surface area (Å²) >= 11 is 0. The number of rotatable bonds is 5. The van der Waals surface area contributed by atoms with E-state index in [1.807, 2.05) is 0 Å². The Bertz CT molecular complexity index is 784. The quantitative estimate of drug-likeness (QED) is 0.799. The van der Waals surface area contributed by atoms with Crippen molar-refractivity contribution in [3.05, 3.63) is 23.4 Å². The zero-order valence-corrected chi connectivity index (χ0v) is 16.6. The van der Waals surface area contributed by atoms with Crippen LogP contribution in [0.1, 0.15) is 56.5 Å². The maximum Gasteiger partial charge on any atom is 0.227 e. The summed E-state index contributed by atoms with van der Waals surface area (Å²) in [6.07, 6.45) is 4.66. The van der Waals surface area contributed by atoms with Gasteiger partial charge in [-0.25, -0.2) is 4.98 Å². The third kappa shape index (κ3) is 3.63. The Kier molecular flexibility index (Phi) is 5.24. The molecule has 2 aliphatic rings. The molecule has 0 N–H and O–H groups in total. The van der Waals surface area contributed by atoms with Crippen molar-refractivity contribution >= 4 is 11.8 Å². The summed E-state index contributed by atoms with van der Waals surface area (Å²) in [5.41, 5.74) is 1.10. The first-order valence-electron chi connectivity index (χ1n) is 9.99. The molecule has 0 aliphatic carbocycles. The molecule has 0 unspecified atom stereocenters. The molecule has 1 saturated heterocycles. The highest BCUT2D eigenvalue weighted by Crippen LogP contribution is 2.28. The maximum atomic E-state index is 5.26. The number of aryl methyl sites for hydroxylation is 1. The summed E-state index contributed by atoms with van der Waals surface area (Å²) in [4.78, 5) is 14.4. The van der Waals surface area contributed by atoms with Crippen LogP contribution in [-0.4, -0.2) is 51.5 Å². The van der Waals surface area contributed by atoms with Gasteiger partial charge in [-0.1, -0.05) is 6.92 Å². The lowest BCUT2D eigenvalue weighted by molar-refractivity contribution is 0.171. The Balaban J connectivity index is 1.62. The molecule has 0 aromatic carbocycles. The minimum Gasteiger partial charge on any atom is -0.377 e. The minimum atomic E-state index is 0.271. The van der Waals surface area contributed by atoms with Crippen molar-refractivity contribution in [2.45, 2.75) is 58.7 Å². The molecule has 8 nitrogen and oxygen atoms in total. The lowest BCUT2D eigenvalue weighted by Crippen LogP contribution is -2.38. The van der Waals surface area contributed by atoms with Crippen LogP contribution >= 0.6 is 0 Å². The molecule has 1 atom stereocenters. The van der Waals surface area contributed by atoms with Gasteiger partial charge in [0.05, 0.1) is 12.6 Å². The summed E-state index contributed by atoms with van der Waals surface area (Å²) in [6, 6.07) is 2.40. The van der Waals surface area contributed by atoms with Gasteiger partial charge in [0.2, 0.25) is 5.95 Å². The Morgan fingerprint density at radius 3 is 2.67 bits per heavy atom. The van der Waals surface area contributed by atoms with Crippen LogP contribution in [-0.2, 0) is 24.3 Å². The van der Waals surface area contributed by atoms with Gasteiger partial charge >= 0.3 is 0 Å². The number of nitrogens with zero attached hydrogens (tertiary/aromatic N) is 7. The standard InChI is InChI=1S/C19H29N7O/c1-4-15-10-16(21-19(20-15)24-8-6-5-7-9-24)25-11-14(2)26-17(12-25)22-23-18(26)13-27-3/h10,14H,4-9,11-13H2,1-3H3/t14-/m0/s1. The van der Waals surface area contributed by atoms with Gasteiger partial charge in [0.25, 0.3) is 0 Å². The molecule has 0 radical (unpaired) electrons. The van der Waals surface area contributed by atoms with E-state index in [9.17, 15) is 0 Å². The molecule has 2 aromatic heterocycles. The van der Waals surface area contributed by atoms with E-state index < -0.39 is 0 Å². The van der Waals surface area contributed by atoms with Gasteiger partial charge in [-0.3, -0.25) is 0 Å². The van der Waals surface area contributed by atoms with Gasteiger partial charge in [-0.05, 0) is 32.6 Å². The second-order valence-corrected chi connectivity index (χ2v) is 7.48. The molecule has 0 amide bonds. The maximum absolute atomic E-state index is 5.26. The van der Waals surface area contributed by atoms with E-state index in [0.29, 0.717) is 13.2 Å². The lowest BCUT2D eigenvalue weighted by atomic mass is 10.1. The van der Waals surface area contributed by atoms with Crippen LogP contribution in [0.3, 0.4) is 0 Å². The number of ether oxygens (including phenoxy) is 1. The minimum absolute atomic E-state index is 0.271. The van der Waals surface area contributed by atoms with E-state index in [-0.39, 0.29) is 6.04 Å². The van der Waals surface area contributed by atoms with E-state index in [2.05, 4.69) is 44.5 Å². The Hall–Kier alpha value is -2.22.